The molecule has 7 heteroatoms. The van der Waals surface area contributed by atoms with Crippen molar-refractivity contribution >= 4 is 11.6 Å². The normalized spacial score (nSPS) is 18.3. The molecule has 1 heterocycles. The second kappa shape index (κ2) is 6.84. The Morgan fingerprint density at radius 1 is 1.08 bits per heavy atom. The number of benzene rings is 2. The molecule has 3 rings (SSSR count). The first-order chi connectivity index (χ1) is 12.5. The zero-order valence-corrected chi connectivity index (χ0v) is 14.7. The molecule has 3 N–H and O–H groups in total. The van der Waals surface area contributed by atoms with E-state index in [0.717, 1.165) is 11.1 Å². The molecule has 0 amide bonds. The molecular weight excluding hydrogens is 334 g/mol. The van der Waals surface area contributed by atoms with Crippen LogP contribution in [0.4, 0.5) is 5.69 Å². The van der Waals surface area contributed by atoms with Crippen molar-refractivity contribution < 1.29 is 18.9 Å². The number of hydrogen-bond acceptors (Lipinski definition) is 7. The van der Waals surface area contributed by atoms with E-state index in [1.54, 1.807) is 24.3 Å². The Bertz CT molecular complexity index is 879. The Labute approximate surface area is 151 Å². The van der Waals surface area contributed by atoms with E-state index in [4.69, 9.17) is 30.1 Å². The lowest BCUT2D eigenvalue weighted by molar-refractivity contribution is 0.323. The number of nitrogen functional groups attached to an aromatic ring is 1. The topological polar surface area (TPSA) is 111 Å². The number of nitriles is 1. The monoisotopic (exact) mass is 353 g/mol. The van der Waals surface area contributed by atoms with Gasteiger partial charge in [-0.05, 0) is 23.8 Å². The first kappa shape index (κ1) is 17.4. The summed E-state index contributed by atoms with van der Waals surface area (Å²) >= 11 is 0. The van der Waals surface area contributed by atoms with Crippen LogP contribution in [0.1, 0.15) is 17.0 Å². The van der Waals surface area contributed by atoms with Crippen LogP contribution >= 0.6 is 0 Å². The lowest BCUT2D eigenvalue weighted by Gasteiger charge is -2.31. The molecule has 2 atom stereocenters. The fourth-order valence-electron chi connectivity index (χ4n) is 3.20. The molecule has 1 aliphatic heterocycles. The average Bonchev–Trinajstić information content (AvgIpc) is 2.65. The zero-order chi connectivity index (χ0) is 18.8. The van der Waals surface area contributed by atoms with E-state index in [1.807, 2.05) is 6.07 Å². The summed E-state index contributed by atoms with van der Waals surface area (Å²) in [6.07, 6.45) is 0. The Balaban J connectivity index is 2.24. The van der Waals surface area contributed by atoms with Gasteiger partial charge in [0.15, 0.2) is 11.5 Å². The van der Waals surface area contributed by atoms with E-state index in [0.29, 0.717) is 28.7 Å². The quantitative estimate of drug-likeness (QED) is 0.818. The highest BCUT2D eigenvalue weighted by atomic mass is 16.5. The van der Waals surface area contributed by atoms with Crippen LogP contribution in [0.2, 0.25) is 0 Å². The summed E-state index contributed by atoms with van der Waals surface area (Å²) in [5, 5.41) is 17.8. The fourth-order valence-corrected chi connectivity index (χ4v) is 3.20. The van der Waals surface area contributed by atoms with Gasteiger partial charge in [-0.1, -0.05) is 6.07 Å². The molecule has 0 saturated carbocycles. The van der Waals surface area contributed by atoms with Gasteiger partial charge in [0.1, 0.15) is 11.7 Å². The van der Waals surface area contributed by atoms with E-state index in [-0.39, 0.29) is 5.90 Å². The lowest BCUT2D eigenvalue weighted by atomic mass is 9.79. The van der Waals surface area contributed by atoms with Gasteiger partial charge in [-0.3, -0.25) is 5.41 Å². The summed E-state index contributed by atoms with van der Waals surface area (Å²) < 4.78 is 21.7. The Kier molecular flexibility index (Phi) is 4.59. The second-order valence-electron chi connectivity index (χ2n) is 5.81. The van der Waals surface area contributed by atoms with E-state index in [9.17, 15) is 5.26 Å². The first-order valence-electron chi connectivity index (χ1n) is 7.89. The van der Waals surface area contributed by atoms with Crippen molar-refractivity contribution in [2.24, 2.45) is 5.92 Å². The van der Waals surface area contributed by atoms with Crippen LogP contribution in [0.5, 0.6) is 23.0 Å². The van der Waals surface area contributed by atoms with Gasteiger partial charge in [0.25, 0.3) is 0 Å². The molecular formula is C19H19N3O4. The number of methoxy groups -OCH3 is 3. The maximum atomic E-state index is 9.64. The highest BCUT2D eigenvalue weighted by molar-refractivity contribution is 5.85. The largest absolute Gasteiger partial charge is 0.493 e. The molecule has 0 radical (unpaired) electrons. The minimum Gasteiger partial charge on any atom is -0.493 e. The molecule has 1 aliphatic rings. The fraction of sp³-hybridized carbons (Fsp3) is 0.263. The molecule has 2 aromatic rings. The highest BCUT2D eigenvalue weighted by Gasteiger charge is 2.37. The minimum absolute atomic E-state index is 0.121. The summed E-state index contributed by atoms with van der Waals surface area (Å²) in [6, 6.07) is 11.0. The van der Waals surface area contributed by atoms with Gasteiger partial charge >= 0.3 is 0 Å². The predicted molar refractivity (Wildman–Crippen MR) is 96.3 cm³/mol. The molecule has 0 saturated heterocycles. The van der Waals surface area contributed by atoms with Crippen LogP contribution in [-0.2, 0) is 0 Å². The smallest absolute Gasteiger partial charge is 0.205 e. The van der Waals surface area contributed by atoms with E-state index in [1.165, 1.54) is 21.3 Å². The van der Waals surface area contributed by atoms with Crippen LogP contribution < -0.4 is 24.7 Å². The van der Waals surface area contributed by atoms with Gasteiger partial charge in [0.05, 0.1) is 27.4 Å². The zero-order valence-electron chi connectivity index (χ0n) is 14.7. The first-order valence-corrected chi connectivity index (χ1v) is 7.89. The Morgan fingerprint density at radius 3 is 2.27 bits per heavy atom. The molecule has 0 bridgehead atoms. The van der Waals surface area contributed by atoms with Crippen molar-refractivity contribution in [3.8, 4) is 29.1 Å². The SMILES string of the molecule is COc1cc(C2c3ccc(N)cc3OC(=N)C2C#N)cc(OC)c1OC. The summed E-state index contributed by atoms with van der Waals surface area (Å²) in [5.74, 6) is 0.568. The van der Waals surface area contributed by atoms with Crippen molar-refractivity contribution in [3.05, 3.63) is 41.5 Å². The summed E-state index contributed by atoms with van der Waals surface area (Å²) in [5.41, 5.74) is 7.89. The molecule has 134 valence electrons. The number of hydrogen-bond donors (Lipinski definition) is 2. The summed E-state index contributed by atoms with van der Waals surface area (Å²) in [7, 11) is 4.59. The molecule has 26 heavy (non-hydrogen) atoms. The molecule has 0 aromatic heterocycles. The van der Waals surface area contributed by atoms with Crippen molar-refractivity contribution in [3.63, 3.8) is 0 Å². The van der Waals surface area contributed by atoms with Gasteiger partial charge in [-0.15, -0.1) is 0 Å². The molecule has 7 nitrogen and oxygen atoms in total. The van der Waals surface area contributed by atoms with Crippen LogP contribution in [-0.4, -0.2) is 27.2 Å². The molecule has 2 unspecified atom stereocenters. The van der Waals surface area contributed by atoms with Crippen LogP contribution in [0, 0.1) is 22.7 Å². The van der Waals surface area contributed by atoms with Crippen molar-refractivity contribution in [1.82, 2.24) is 0 Å². The third kappa shape index (κ3) is 2.75. The highest BCUT2D eigenvalue weighted by Crippen LogP contribution is 2.47. The van der Waals surface area contributed by atoms with Gasteiger partial charge in [0, 0.05) is 23.2 Å². The number of nitrogens with one attached hydrogen (secondary N) is 1. The van der Waals surface area contributed by atoms with E-state index in [2.05, 4.69) is 6.07 Å². The number of anilines is 1. The minimum atomic E-state index is -0.783. The Hall–Kier alpha value is -3.40. The van der Waals surface area contributed by atoms with Crippen molar-refractivity contribution in [1.29, 1.82) is 10.7 Å². The third-order valence-electron chi connectivity index (χ3n) is 4.39. The van der Waals surface area contributed by atoms with Gasteiger partial charge in [0.2, 0.25) is 11.6 Å². The van der Waals surface area contributed by atoms with E-state index < -0.39 is 11.8 Å². The van der Waals surface area contributed by atoms with Crippen molar-refractivity contribution in [2.45, 2.75) is 5.92 Å². The van der Waals surface area contributed by atoms with E-state index >= 15 is 0 Å². The summed E-state index contributed by atoms with van der Waals surface area (Å²) in [6.45, 7) is 0. The number of nitrogens with two attached hydrogens (primary N) is 1. The van der Waals surface area contributed by atoms with Gasteiger partial charge in [-0.25, -0.2) is 0 Å². The van der Waals surface area contributed by atoms with Crippen LogP contribution in [0.25, 0.3) is 0 Å². The lowest BCUT2D eigenvalue weighted by Crippen LogP contribution is -2.31. The van der Waals surface area contributed by atoms with Crippen LogP contribution in [0.15, 0.2) is 30.3 Å². The number of ether oxygens (including phenoxy) is 4. The number of rotatable bonds is 4. The average molecular weight is 353 g/mol. The maximum Gasteiger partial charge on any atom is 0.205 e. The molecule has 0 aliphatic carbocycles. The third-order valence-corrected chi connectivity index (χ3v) is 4.39. The van der Waals surface area contributed by atoms with Crippen LogP contribution in [0.3, 0.4) is 0 Å². The molecule has 0 spiro atoms. The Morgan fingerprint density at radius 2 is 1.73 bits per heavy atom. The number of fused-ring (bicyclic) bond motifs is 1. The predicted octanol–water partition coefficient (Wildman–Crippen LogP) is 2.94. The van der Waals surface area contributed by atoms with Gasteiger partial charge in [-0.2, -0.15) is 5.26 Å². The standard InChI is InChI=1S/C19H19N3O4/c1-23-15-6-10(7-16(24-2)18(15)25-3)17-12-5-4-11(21)8-14(12)26-19(22)13(17)9-20/h4-8,13,17,22H,21H2,1-3H3. The molecule has 2 aromatic carbocycles. The van der Waals surface area contributed by atoms with Crippen molar-refractivity contribution in [2.75, 3.05) is 27.1 Å². The summed E-state index contributed by atoms with van der Waals surface area (Å²) in [4.78, 5) is 0. The van der Waals surface area contributed by atoms with Gasteiger partial charge < -0.3 is 24.7 Å². The maximum absolute atomic E-state index is 9.64. The number of nitrogens with zero attached hydrogens (tertiary/aromatic N) is 1. The molecule has 0 fully saturated rings. The second-order valence-corrected chi connectivity index (χ2v) is 5.81.